The van der Waals surface area contributed by atoms with Crippen LogP contribution >= 0.6 is 0 Å². The Labute approximate surface area is 101 Å². The van der Waals surface area contributed by atoms with E-state index in [4.69, 9.17) is 0 Å². The summed E-state index contributed by atoms with van der Waals surface area (Å²) in [6.07, 6.45) is 7.02. The monoisotopic (exact) mass is 227 g/mol. The molecular formula is C14H29NO. The number of aliphatic hydroxyl groups excluding tert-OH is 1. The van der Waals surface area contributed by atoms with Crippen molar-refractivity contribution in [2.75, 3.05) is 13.1 Å². The van der Waals surface area contributed by atoms with Crippen LogP contribution in [0.5, 0.6) is 0 Å². The molecule has 3 unspecified atom stereocenters. The lowest BCUT2D eigenvalue weighted by Crippen LogP contribution is -2.48. The Morgan fingerprint density at radius 3 is 2.19 bits per heavy atom. The molecule has 0 spiro atoms. The number of aliphatic hydroxyl groups is 1. The first-order valence-corrected chi connectivity index (χ1v) is 7.14. The molecule has 1 fully saturated rings. The molecule has 3 atom stereocenters. The average molecular weight is 227 g/mol. The van der Waals surface area contributed by atoms with Crippen molar-refractivity contribution in [1.82, 2.24) is 4.90 Å². The van der Waals surface area contributed by atoms with E-state index in [9.17, 15) is 5.11 Å². The van der Waals surface area contributed by atoms with Gasteiger partial charge in [-0.3, -0.25) is 4.90 Å². The van der Waals surface area contributed by atoms with Gasteiger partial charge in [0.05, 0.1) is 6.10 Å². The van der Waals surface area contributed by atoms with E-state index >= 15 is 0 Å². The molecule has 2 nitrogen and oxygen atoms in total. The Bertz CT molecular complexity index is 178. The zero-order valence-electron chi connectivity index (χ0n) is 11.3. The maximum atomic E-state index is 10.2. The zero-order chi connectivity index (χ0) is 12.0. The summed E-state index contributed by atoms with van der Waals surface area (Å²) >= 11 is 0. The van der Waals surface area contributed by atoms with Gasteiger partial charge in [-0.1, -0.05) is 27.2 Å². The highest BCUT2D eigenvalue weighted by Gasteiger charge is 2.31. The largest absolute Gasteiger partial charge is 0.391 e. The van der Waals surface area contributed by atoms with Gasteiger partial charge in [0.25, 0.3) is 0 Å². The highest BCUT2D eigenvalue weighted by Crippen LogP contribution is 2.30. The molecule has 2 heteroatoms. The maximum Gasteiger partial charge on any atom is 0.0695 e. The zero-order valence-corrected chi connectivity index (χ0v) is 11.3. The average Bonchev–Trinajstić information content (AvgIpc) is 2.29. The molecule has 1 rings (SSSR count). The van der Waals surface area contributed by atoms with E-state index in [0.29, 0.717) is 6.04 Å². The standard InChI is InChI=1S/C14H29NO/c1-4-9-15(10-5-2)13-11-12(6-3)7-8-14(13)16/h12-14,16H,4-11H2,1-3H3. The molecule has 1 aliphatic rings. The van der Waals surface area contributed by atoms with Crippen LogP contribution in [0.15, 0.2) is 0 Å². The Hall–Kier alpha value is -0.0800. The predicted molar refractivity (Wildman–Crippen MR) is 69.6 cm³/mol. The van der Waals surface area contributed by atoms with E-state index in [1.54, 1.807) is 0 Å². The third-order valence-electron chi connectivity index (χ3n) is 3.96. The van der Waals surface area contributed by atoms with Gasteiger partial charge in [-0.2, -0.15) is 0 Å². The van der Waals surface area contributed by atoms with Crippen molar-refractivity contribution in [2.45, 2.75) is 71.4 Å². The lowest BCUT2D eigenvalue weighted by Gasteiger charge is -2.40. The highest BCUT2D eigenvalue weighted by molar-refractivity contribution is 4.86. The summed E-state index contributed by atoms with van der Waals surface area (Å²) in [4.78, 5) is 2.52. The van der Waals surface area contributed by atoms with Crippen LogP contribution < -0.4 is 0 Å². The van der Waals surface area contributed by atoms with Crippen LogP contribution in [0.4, 0.5) is 0 Å². The molecule has 1 aliphatic carbocycles. The van der Waals surface area contributed by atoms with Gasteiger partial charge < -0.3 is 5.11 Å². The van der Waals surface area contributed by atoms with Gasteiger partial charge in [0, 0.05) is 6.04 Å². The van der Waals surface area contributed by atoms with Gasteiger partial charge in [-0.25, -0.2) is 0 Å². The van der Waals surface area contributed by atoms with E-state index in [-0.39, 0.29) is 6.10 Å². The Kier molecular flexibility index (Phi) is 6.37. The van der Waals surface area contributed by atoms with Gasteiger partial charge in [-0.05, 0) is 51.1 Å². The minimum Gasteiger partial charge on any atom is -0.391 e. The molecule has 0 aromatic carbocycles. The predicted octanol–water partition coefficient (Wildman–Crippen LogP) is 3.05. The minimum atomic E-state index is -0.0825. The van der Waals surface area contributed by atoms with E-state index in [2.05, 4.69) is 25.7 Å². The Morgan fingerprint density at radius 2 is 1.69 bits per heavy atom. The third-order valence-corrected chi connectivity index (χ3v) is 3.96. The summed E-state index contributed by atoms with van der Waals surface area (Å²) in [7, 11) is 0. The first kappa shape index (κ1) is 14.0. The summed E-state index contributed by atoms with van der Waals surface area (Å²) in [6.45, 7) is 9.03. The molecule has 0 aromatic heterocycles. The fraction of sp³-hybridized carbons (Fsp3) is 1.00. The molecule has 1 N–H and O–H groups in total. The molecule has 0 aliphatic heterocycles. The van der Waals surface area contributed by atoms with Crippen LogP contribution in [0.3, 0.4) is 0 Å². The third kappa shape index (κ3) is 3.74. The number of hydrogen-bond acceptors (Lipinski definition) is 2. The van der Waals surface area contributed by atoms with Crippen molar-refractivity contribution >= 4 is 0 Å². The number of rotatable bonds is 6. The summed E-state index contributed by atoms with van der Waals surface area (Å²) < 4.78 is 0. The first-order valence-electron chi connectivity index (χ1n) is 7.14. The normalized spacial score (nSPS) is 30.9. The van der Waals surface area contributed by atoms with Crippen LogP contribution in [0.1, 0.15) is 59.3 Å². The van der Waals surface area contributed by atoms with Gasteiger partial charge in [0.2, 0.25) is 0 Å². The van der Waals surface area contributed by atoms with Crippen LogP contribution in [0.2, 0.25) is 0 Å². The molecular weight excluding hydrogens is 198 g/mol. The number of nitrogens with zero attached hydrogens (tertiary/aromatic N) is 1. The SMILES string of the molecule is CCCN(CCC)C1CC(CC)CCC1O. The quantitative estimate of drug-likeness (QED) is 0.754. The highest BCUT2D eigenvalue weighted by atomic mass is 16.3. The van der Waals surface area contributed by atoms with Crippen molar-refractivity contribution in [1.29, 1.82) is 0 Å². The molecule has 0 bridgehead atoms. The molecule has 0 saturated heterocycles. The smallest absolute Gasteiger partial charge is 0.0695 e. The second-order valence-corrected chi connectivity index (χ2v) is 5.26. The van der Waals surface area contributed by atoms with Crippen molar-refractivity contribution in [3.05, 3.63) is 0 Å². The molecule has 16 heavy (non-hydrogen) atoms. The second kappa shape index (κ2) is 7.29. The molecule has 1 saturated carbocycles. The van der Waals surface area contributed by atoms with Crippen molar-refractivity contribution < 1.29 is 5.11 Å². The van der Waals surface area contributed by atoms with Crippen molar-refractivity contribution in [3.63, 3.8) is 0 Å². The summed E-state index contributed by atoms with van der Waals surface area (Å²) in [5.41, 5.74) is 0. The lowest BCUT2D eigenvalue weighted by atomic mass is 9.81. The van der Waals surface area contributed by atoms with Crippen LogP contribution in [0.25, 0.3) is 0 Å². The van der Waals surface area contributed by atoms with E-state index in [0.717, 1.165) is 25.4 Å². The molecule has 0 radical (unpaired) electrons. The van der Waals surface area contributed by atoms with Gasteiger partial charge >= 0.3 is 0 Å². The fourth-order valence-electron chi connectivity index (χ4n) is 3.00. The lowest BCUT2D eigenvalue weighted by molar-refractivity contribution is 0.00230. The van der Waals surface area contributed by atoms with Crippen LogP contribution in [-0.2, 0) is 0 Å². The molecule has 0 heterocycles. The minimum absolute atomic E-state index is 0.0825. The second-order valence-electron chi connectivity index (χ2n) is 5.26. The van der Waals surface area contributed by atoms with Gasteiger partial charge in [0.15, 0.2) is 0 Å². The van der Waals surface area contributed by atoms with Crippen LogP contribution in [-0.4, -0.2) is 35.2 Å². The number of hydrogen-bond donors (Lipinski definition) is 1. The van der Waals surface area contributed by atoms with E-state index in [1.165, 1.54) is 32.1 Å². The summed E-state index contributed by atoms with van der Waals surface area (Å²) in [5.74, 6) is 0.838. The van der Waals surface area contributed by atoms with Gasteiger partial charge in [0.1, 0.15) is 0 Å². The molecule has 96 valence electrons. The topological polar surface area (TPSA) is 23.5 Å². The molecule has 0 amide bonds. The van der Waals surface area contributed by atoms with Gasteiger partial charge in [-0.15, -0.1) is 0 Å². The first-order chi connectivity index (χ1) is 7.72. The van der Waals surface area contributed by atoms with Crippen LogP contribution in [0, 0.1) is 5.92 Å². The van der Waals surface area contributed by atoms with Crippen molar-refractivity contribution in [2.24, 2.45) is 5.92 Å². The summed E-state index contributed by atoms with van der Waals surface area (Å²) in [6, 6.07) is 0.429. The Morgan fingerprint density at radius 1 is 1.06 bits per heavy atom. The fourth-order valence-corrected chi connectivity index (χ4v) is 3.00. The Balaban J connectivity index is 2.56. The summed E-state index contributed by atoms with van der Waals surface area (Å²) in [5, 5.41) is 10.2. The van der Waals surface area contributed by atoms with Crippen molar-refractivity contribution in [3.8, 4) is 0 Å². The molecule has 0 aromatic rings. The van der Waals surface area contributed by atoms with E-state index in [1.807, 2.05) is 0 Å². The maximum absolute atomic E-state index is 10.2. The van der Waals surface area contributed by atoms with E-state index < -0.39 is 0 Å².